The molecule has 4 rings (SSSR count). The number of piperidine rings is 1. The fourth-order valence-corrected chi connectivity index (χ4v) is 5.33. The van der Waals surface area contributed by atoms with E-state index < -0.39 is 0 Å². The van der Waals surface area contributed by atoms with Gasteiger partial charge in [-0.05, 0) is 25.0 Å². The van der Waals surface area contributed by atoms with Crippen LogP contribution in [0.1, 0.15) is 54.8 Å². The molecule has 1 N–H and O–H groups in total. The second-order valence-corrected chi connectivity index (χ2v) is 8.60. The van der Waals surface area contributed by atoms with Crippen molar-refractivity contribution in [3.8, 4) is 0 Å². The summed E-state index contributed by atoms with van der Waals surface area (Å²) in [5, 5.41) is 12.0. The molecule has 7 heteroatoms. The van der Waals surface area contributed by atoms with Crippen LogP contribution in [0.4, 0.5) is 0 Å². The molecule has 2 aromatic rings. The van der Waals surface area contributed by atoms with E-state index in [0.29, 0.717) is 12.0 Å². The van der Waals surface area contributed by atoms with Crippen LogP contribution in [0.25, 0.3) is 0 Å². The quantitative estimate of drug-likeness (QED) is 0.854. The molecule has 4 heterocycles. The lowest BCUT2D eigenvalue weighted by atomic mass is 9.76. The van der Waals surface area contributed by atoms with Crippen LogP contribution in [-0.4, -0.2) is 27.6 Å². The van der Waals surface area contributed by atoms with Gasteiger partial charge in [0.25, 0.3) is 0 Å². The molecule has 124 valence electrons. The molecule has 2 aliphatic rings. The Labute approximate surface area is 145 Å². The lowest BCUT2D eigenvalue weighted by molar-refractivity contribution is -0.104. The highest BCUT2D eigenvalue weighted by Gasteiger charge is 2.47. The molecule has 5 nitrogen and oxygen atoms in total. The van der Waals surface area contributed by atoms with E-state index in [1.807, 2.05) is 13.2 Å². The fourth-order valence-electron chi connectivity index (χ4n) is 3.96. The van der Waals surface area contributed by atoms with Crippen molar-refractivity contribution in [3.05, 3.63) is 32.7 Å². The monoisotopic (exact) mass is 352 g/mol. The van der Waals surface area contributed by atoms with Crippen LogP contribution in [0, 0.1) is 0 Å². The average molecular weight is 353 g/mol. The normalized spacial score (nSPS) is 33.8. The zero-order chi connectivity index (χ0) is 16.2. The second-order valence-electron chi connectivity index (χ2n) is 6.88. The van der Waals surface area contributed by atoms with E-state index in [9.17, 15) is 0 Å². The summed E-state index contributed by atoms with van der Waals surface area (Å²) >= 11 is 8.03. The van der Waals surface area contributed by atoms with E-state index in [2.05, 4.69) is 35.5 Å². The Morgan fingerprint density at radius 3 is 3.00 bits per heavy atom. The van der Waals surface area contributed by atoms with Gasteiger partial charge in [-0.2, -0.15) is 0 Å². The Bertz CT molecular complexity index is 729. The maximum Gasteiger partial charge on any atom is 0.0997 e. The van der Waals surface area contributed by atoms with Gasteiger partial charge in [0.1, 0.15) is 0 Å². The lowest BCUT2D eigenvalue weighted by Gasteiger charge is -2.47. The highest BCUT2D eigenvalue weighted by atomic mass is 35.5. The number of nitrogens with zero attached hydrogens (tertiary/aromatic N) is 3. The number of halogens is 1. The van der Waals surface area contributed by atoms with E-state index in [0.717, 1.165) is 29.5 Å². The Morgan fingerprint density at radius 2 is 2.26 bits per heavy atom. The zero-order valence-electron chi connectivity index (χ0n) is 13.5. The number of thiophene rings is 1. The fraction of sp³-hybridized carbons (Fsp3) is 0.625. The van der Waals surface area contributed by atoms with E-state index in [1.165, 1.54) is 10.4 Å². The predicted octanol–water partition coefficient (Wildman–Crippen LogP) is 3.37. The number of aryl methyl sites for hydroxylation is 1. The van der Waals surface area contributed by atoms with Gasteiger partial charge in [0.2, 0.25) is 0 Å². The van der Waals surface area contributed by atoms with Crippen molar-refractivity contribution < 1.29 is 4.74 Å². The van der Waals surface area contributed by atoms with E-state index >= 15 is 0 Å². The van der Waals surface area contributed by atoms with Crippen molar-refractivity contribution in [1.29, 1.82) is 0 Å². The summed E-state index contributed by atoms with van der Waals surface area (Å²) < 4.78 is 9.05. The first-order valence-corrected chi connectivity index (χ1v) is 9.22. The summed E-state index contributed by atoms with van der Waals surface area (Å²) in [6, 6.07) is 2.60. The van der Waals surface area contributed by atoms with Crippen LogP contribution in [0.3, 0.4) is 0 Å². The molecule has 1 spiro atoms. The number of fused-ring (bicyclic) bond motifs is 2. The summed E-state index contributed by atoms with van der Waals surface area (Å²) in [6.07, 6.45) is 3.80. The Hall–Kier alpha value is -0.950. The summed E-state index contributed by atoms with van der Waals surface area (Å²) in [5.41, 5.74) is 2.00. The Kier molecular flexibility index (Phi) is 3.76. The number of rotatable bonds is 1. The van der Waals surface area contributed by atoms with Crippen molar-refractivity contribution >= 4 is 22.9 Å². The topological polar surface area (TPSA) is 52.0 Å². The van der Waals surface area contributed by atoms with Crippen molar-refractivity contribution in [2.24, 2.45) is 7.05 Å². The lowest BCUT2D eigenvalue weighted by Crippen LogP contribution is -2.50. The van der Waals surface area contributed by atoms with Crippen molar-refractivity contribution in [3.63, 3.8) is 0 Å². The van der Waals surface area contributed by atoms with Gasteiger partial charge in [-0.25, -0.2) is 0 Å². The number of nitrogens with one attached hydrogen (secondary N) is 1. The SMILES string of the molecule is CC1COC2(C[C@@H](c3cn(C)nn3)N[C@@H](C)C2)c2cc(Cl)sc21. The highest BCUT2D eigenvalue weighted by molar-refractivity contribution is 7.16. The number of hydrogen-bond donors (Lipinski definition) is 1. The zero-order valence-corrected chi connectivity index (χ0v) is 15.1. The third-order valence-electron chi connectivity index (χ3n) is 4.91. The molecule has 0 bridgehead atoms. The third kappa shape index (κ3) is 2.61. The molecule has 0 aromatic carbocycles. The third-order valence-corrected chi connectivity index (χ3v) is 6.41. The summed E-state index contributed by atoms with van der Waals surface area (Å²) in [4.78, 5) is 1.38. The van der Waals surface area contributed by atoms with E-state index in [4.69, 9.17) is 16.3 Å². The van der Waals surface area contributed by atoms with Gasteiger partial charge in [-0.1, -0.05) is 23.7 Å². The smallest absolute Gasteiger partial charge is 0.0997 e. The minimum absolute atomic E-state index is 0.146. The standard InChI is InChI=1S/C16H21ClN4OS/c1-9-8-22-16(11-4-14(17)23-15(9)11)5-10(2)18-12(6-16)13-7-21(3)20-19-13/h4,7,9-10,12,18H,5-6,8H2,1-3H3/t9?,10-,12-,16?/m0/s1. The Balaban J connectivity index is 1.74. The van der Waals surface area contributed by atoms with Gasteiger partial charge in [0.15, 0.2) is 0 Å². The van der Waals surface area contributed by atoms with Crippen LogP contribution < -0.4 is 5.32 Å². The molecule has 0 saturated carbocycles. The molecule has 2 aromatic heterocycles. The van der Waals surface area contributed by atoms with Crippen molar-refractivity contribution in [2.45, 2.75) is 50.3 Å². The minimum atomic E-state index is -0.266. The molecular formula is C16H21ClN4OS. The van der Waals surface area contributed by atoms with Gasteiger partial charge in [-0.3, -0.25) is 4.68 Å². The molecule has 2 aliphatic heterocycles. The molecular weight excluding hydrogens is 332 g/mol. The highest BCUT2D eigenvalue weighted by Crippen LogP contribution is 2.51. The van der Waals surface area contributed by atoms with Gasteiger partial charge in [0, 0.05) is 36.5 Å². The first-order valence-electron chi connectivity index (χ1n) is 8.03. The average Bonchev–Trinajstić information content (AvgIpc) is 3.10. The molecule has 1 fully saturated rings. The van der Waals surface area contributed by atoms with Crippen LogP contribution in [-0.2, 0) is 17.4 Å². The first-order chi connectivity index (χ1) is 11.0. The maximum atomic E-state index is 6.44. The molecule has 4 atom stereocenters. The second kappa shape index (κ2) is 5.55. The molecule has 23 heavy (non-hydrogen) atoms. The van der Waals surface area contributed by atoms with E-state index in [-0.39, 0.29) is 11.6 Å². The summed E-state index contributed by atoms with van der Waals surface area (Å²) in [7, 11) is 1.90. The Morgan fingerprint density at radius 1 is 1.43 bits per heavy atom. The van der Waals surface area contributed by atoms with Gasteiger partial charge in [0.05, 0.1) is 28.3 Å². The van der Waals surface area contributed by atoms with Gasteiger partial charge >= 0.3 is 0 Å². The summed E-state index contributed by atoms with van der Waals surface area (Å²) in [5.74, 6) is 0.410. The van der Waals surface area contributed by atoms with Crippen LogP contribution >= 0.6 is 22.9 Å². The molecule has 0 aliphatic carbocycles. The number of ether oxygens (including phenoxy) is 1. The van der Waals surface area contributed by atoms with Gasteiger partial charge in [-0.15, -0.1) is 16.4 Å². The number of hydrogen-bond acceptors (Lipinski definition) is 5. The minimum Gasteiger partial charge on any atom is -0.369 e. The molecule has 0 radical (unpaired) electrons. The molecule has 2 unspecified atom stereocenters. The maximum absolute atomic E-state index is 6.44. The van der Waals surface area contributed by atoms with Crippen molar-refractivity contribution in [1.82, 2.24) is 20.3 Å². The predicted molar refractivity (Wildman–Crippen MR) is 90.9 cm³/mol. The van der Waals surface area contributed by atoms with Crippen LogP contribution in [0.15, 0.2) is 12.3 Å². The van der Waals surface area contributed by atoms with Crippen LogP contribution in [0.5, 0.6) is 0 Å². The van der Waals surface area contributed by atoms with Gasteiger partial charge < -0.3 is 10.1 Å². The number of aromatic nitrogens is 3. The molecule has 0 amide bonds. The van der Waals surface area contributed by atoms with Crippen LogP contribution in [0.2, 0.25) is 4.34 Å². The van der Waals surface area contributed by atoms with E-state index in [1.54, 1.807) is 16.0 Å². The largest absolute Gasteiger partial charge is 0.369 e. The molecule has 1 saturated heterocycles. The summed E-state index contributed by atoms with van der Waals surface area (Å²) in [6.45, 7) is 5.17. The first kappa shape index (κ1) is 15.6. The van der Waals surface area contributed by atoms with Crippen molar-refractivity contribution in [2.75, 3.05) is 6.61 Å².